The number of nitrogens with zero attached hydrogens (tertiary/aromatic N) is 1. The van der Waals surface area contributed by atoms with Crippen LogP contribution in [0.25, 0.3) is 0 Å². The average Bonchev–Trinajstić information content (AvgIpc) is 2.08. The summed E-state index contributed by atoms with van der Waals surface area (Å²) in [5.41, 5.74) is 0.240. The molecule has 0 aromatic carbocycles. The summed E-state index contributed by atoms with van der Waals surface area (Å²) in [5.74, 6) is -0.519. The van der Waals surface area contributed by atoms with Crippen molar-refractivity contribution < 1.29 is 19.5 Å². The van der Waals surface area contributed by atoms with Gasteiger partial charge in [-0.2, -0.15) is 0 Å². The van der Waals surface area contributed by atoms with Gasteiger partial charge in [0.05, 0.1) is 7.11 Å². The van der Waals surface area contributed by atoms with Crippen molar-refractivity contribution in [3.05, 3.63) is 29.0 Å². The zero-order valence-electron chi connectivity index (χ0n) is 6.32. The zero-order chi connectivity index (χ0) is 9.14. The lowest BCUT2D eigenvalue weighted by Gasteiger charge is -1.94. The molecule has 0 radical (unpaired) electrons. The minimum atomic E-state index is -0.519. The summed E-state index contributed by atoms with van der Waals surface area (Å²) in [5, 5.41) is 9.15. The SMILES string of the molecule is COC(=O)c1ccc(Cl)[n+](O)c1. The Bertz CT molecular complexity index is 314. The van der Waals surface area contributed by atoms with Crippen molar-refractivity contribution in [1.29, 1.82) is 0 Å². The number of hydrogen-bond donors (Lipinski definition) is 1. The van der Waals surface area contributed by atoms with Crippen molar-refractivity contribution in [1.82, 2.24) is 0 Å². The van der Waals surface area contributed by atoms with Crippen LogP contribution >= 0.6 is 11.6 Å². The fraction of sp³-hybridized carbons (Fsp3) is 0.143. The molecule has 0 aliphatic carbocycles. The maximum Gasteiger partial charge on any atom is 0.344 e. The largest absolute Gasteiger partial charge is 0.465 e. The van der Waals surface area contributed by atoms with Crippen LogP contribution in [0.4, 0.5) is 0 Å². The van der Waals surface area contributed by atoms with Gasteiger partial charge in [-0.1, -0.05) is 0 Å². The molecule has 0 saturated heterocycles. The molecular weight excluding hydrogens is 182 g/mol. The summed E-state index contributed by atoms with van der Waals surface area (Å²) in [6, 6.07) is 2.86. The first-order chi connectivity index (χ1) is 5.65. The van der Waals surface area contributed by atoms with Gasteiger partial charge in [-0.05, 0) is 17.7 Å². The molecule has 4 nitrogen and oxygen atoms in total. The third-order valence-electron chi connectivity index (χ3n) is 1.30. The van der Waals surface area contributed by atoms with Gasteiger partial charge in [0, 0.05) is 10.8 Å². The monoisotopic (exact) mass is 188 g/mol. The molecule has 0 unspecified atom stereocenters. The normalized spacial score (nSPS) is 9.50. The highest BCUT2D eigenvalue weighted by molar-refractivity contribution is 6.28. The van der Waals surface area contributed by atoms with Gasteiger partial charge in [0.25, 0.3) is 0 Å². The van der Waals surface area contributed by atoms with Crippen LogP contribution < -0.4 is 4.73 Å². The minimum absolute atomic E-state index is 0.127. The number of halogens is 1. The molecule has 0 bridgehead atoms. The third kappa shape index (κ3) is 1.65. The number of rotatable bonds is 1. The summed E-state index contributed by atoms with van der Waals surface area (Å²) < 4.78 is 5.07. The number of aromatic nitrogens is 1. The highest BCUT2D eigenvalue weighted by Gasteiger charge is 2.13. The Morgan fingerprint density at radius 2 is 2.33 bits per heavy atom. The number of carbonyl (C=O) groups excluding carboxylic acids is 1. The van der Waals surface area contributed by atoms with Crippen LogP contribution in [-0.2, 0) is 4.74 Å². The molecule has 0 atom stereocenters. The smallest absolute Gasteiger partial charge is 0.344 e. The third-order valence-corrected chi connectivity index (χ3v) is 1.60. The molecule has 0 amide bonds. The second-order valence-corrected chi connectivity index (χ2v) is 2.46. The van der Waals surface area contributed by atoms with E-state index in [1.54, 1.807) is 0 Å². The van der Waals surface area contributed by atoms with Gasteiger partial charge in [0.1, 0.15) is 5.56 Å². The molecule has 1 N–H and O–H groups in total. The van der Waals surface area contributed by atoms with E-state index >= 15 is 0 Å². The van der Waals surface area contributed by atoms with Crippen LogP contribution in [0, 0.1) is 0 Å². The highest BCUT2D eigenvalue weighted by atomic mass is 35.5. The van der Waals surface area contributed by atoms with Crippen LogP contribution in [0.1, 0.15) is 10.4 Å². The molecule has 0 aliphatic rings. The quantitative estimate of drug-likeness (QED) is 0.305. The Labute approximate surface area is 73.9 Å². The summed E-state index contributed by atoms with van der Waals surface area (Å²) in [6.07, 6.45) is 1.17. The summed E-state index contributed by atoms with van der Waals surface area (Å²) >= 11 is 5.49. The van der Waals surface area contributed by atoms with Crippen molar-refractivity contribution in [3.63, 3.8) is 0 Å². The Morgan fingerprint density at radius 1 is 1.67 bits per heavy atom. The predicted molar refractivity (Wildman–Crippen MR) is 40.2 cm³/mol. The first-order valence-electron chi connectivity index (χ1n) is 3.14. The first-order valence-corrected chi connectivity index (χ1v) is 3.51. The van der Waals surface area contributed by atoms with E-state index in [-0.39, 0.29) is 10.7 Å². The summed E-state index contributed by atoms with van der Waals surface area (Å²) in [4.78, 5) is 10.9. The highest BCUT2D eigenvalue weighted by Crippen LogP contribution is 2.03. The van der Waals surface area contributed by atoms with Crippen LogP contribution in [0.2, 0.25) is 5.15 Å². The number of pyridine rings is 1. The molecule has 0 fully saturated rings. The van der Waals surface area contributed by atoms with Crippen LogP contribution in [-0.4, -0.2) is 18.3 Å². The molecule has 1 aromatic heterocycles. The van der Waals surface area contributed by atoms with E-state index in [2.05, 4.69) is 4.74 Å². The zero-order valence-corrected chi connectivity index (χ0v) is 7.08. The molecule has 1 aromatic rings. The van der Waals surface area contributed by atoms with E-state index < -0.39 is 5.97 Å². The Morgan fingerprint density at radius 3 is 2.83 bits per heavy atom. The second-order valence-electron chi connectivity index (χ2n) is 2.08. The minimum Gasteiger partial charge on any atom is -0.465 e. The number of methoxy groups -OCH3 is 1. The number of carbonyl (C=O) groups is 1. The van der Waals surface area contributed by atoms with Crippen molar-refractivity contribution in [2.75, 3.05) is 7.11 Å². The van der Waals surface area contributed by atoms with E-state index in [1.807, 2.05) is 0 Å². The first kappa shape index (κ1) is 8.80. The fourth-order valence-electron chi connectivity index (χ4n) is 0.710. The van der Waals surface area contributed by atoms with Gasteiger partial charge >= 0.3 is 11.1 Å². The van der Waals surface area contributed by atoms with Gasteiger partial charge in [0.15, 0.2) is 0 Å². The topological polar surface area (TPSA) is 50.4 Å². The molecule has 0 saturated carbocycles. The lowest BCUT2D eigenvalue weighted by atomic mass is 10.3. The maximum atomic E-state index is 10.9. The van der Waals surface area contributed by atoms with E-state index in [0.717, 1.165) is 0 Å². The van der Waals surface area contributed by atoms with Gasteiger partial charge in [0.2, 0.25) is 6.20 Å². The lowest BCUT2D eigenvalue weighted by Crippen LogP contribution is -2.32. The number of ether oxygens (including phenoxy) is 1. The van der Waals surface area contributed by atoms with Gasteiger partial charge in [-0.15, -0.1) is 0 Å². The van der Waals surface area contributed by atoms with E-state index in [0.29, 0.717) is 4.73 Å². The van der Waals surface area contributed by atoms with E-state index in [9.17, 15) is 4.79 Å². The molecule has 5 heteroatoms. The molecule has 1 heterocycles. The van der Waals surface area contributed by atoms with Crippen molar-refractivity contribution >= 4 is 17.6 Å². The Balaban J connectivity index is 3.05. The summed E-state index contributed by atoms with van der Waals surface area (Å²) in [6.45, 7) is 0. The Hall–Kier alpha value is -1.29. The van der Waals surface area contributed by atoms with E-state index in [4.69, 9.17) is 16.8 Å². The number of hydrogen-bond acceptors (Lipinski definition) is 3. The van der Waals surface area contributed by atoms with Gasteiger partial charge < -0.3 is 4.74 Å². The molecule has 12 heavy (non-hydrogen) atoms. The number of esters is 1. The molecular formula is C7H7ClNO3+. The van der Waals surface area contributed by atoms with Crippen LogP contribution in [0.15, 0.2) is 18.3 Å². The molecule has 64 valence electrons. The van der Waals surface area contributed by atoms with Crippen molar-refractivity contribution in [3.8, 4) is 0 Å². The van der Waals surface area contributed by atoms with Crippen LogP contribution in [0.3, 0.4) is 0 Å². The average molecular weight is 189 g/mol. The standard InChI is InChI=1S/C7H7ClNO3/c1-12-7(10)5-2-3-6(8)9(11)4-5/h2-4,11H,1H3/q+1. The molecule has 1 rings (SSSR count). The van der Waals surface area contributed by atoms with E-state index in [1.165, 1.54) is 25.4 Å². The maximum absolute atomic E-state index is 10.9. The van der Waals surface area contributed by atoms with Crippen molar-refractivity contribution in [2.45, 2.75) is 0 Å². The second kappa shape index (κ2) is 3.40. The van der Waals surface area contributed by atoms with Crippen molar-refractivity contribution in [2.24, 2.45) is 0 Å². The fourth-order valence-corrected chi connectivity index (χ4v) is 0.822. The summed E-state index contributed by atoms with van der Waals surface area (Å²) in [7, 11) is 1.26. The van der Waals surface area contributed by atoms with Gasteiger partial charge in [-0.25, -0.2) is 4.79 Å². The predicted octanol–water partition coefficient (Wildman–Crippen LogP) is 0.651. The lowest BCUT2D eigenvalue weighted by molar-refractivity contribution is -0.903. The molecule has 0 spiro atoms. The van der Waals surface area contributed by atoms with Crippen LogP contribution in [0.5, 0.6) is 0 Å². The molecule has 0 aliphatic heterocycles. The Kier molecular flexibility index (Phi) is 2.50. The van der Waals surface area contributed by atoms with Gasteiger partial charge in [-0.3, -0.25) is 5.21 Å².